The van der Waals surface area contributed by atoms with Gasteiger partial charge in [0.25, 0.3) is 11.4 Å². The summed E-state index contributed by atoms with van der Waals surface area (Å²) in [6, 6.07) is 9.39. The van der Waals surface area contributed by atoms with Crippen LogP contribution in [-0.4, -0.2) is 127 Å². The minimum atomic E-state index is -1.00. The summed E-state index contributed by atoms with van der Waals surface area (Å²) >= 11 is 1.24. The van der Waals surface area contributed by atoms with Crippen LogP contribution in [0.3, 0.4) is 0 Å². The molecule has 0 unspecified atom stereocenters. The number of esters is 1. The lowest BCUT2D eigenvalue weighted by Crippen LogP contribution is -2.63. The first-order chi connectivity index (χ1) is 27.7. The standard InChI is InChI=1S/C38H42N6O13S/c1-4-17-55-37(49)40-15-13-39(14-16-40)34(46)29-18-28(19-41(29)38(50)57-21-25-7-11-27(12-8-25)44(53)54)58-33-22(2)31-30(23(3)45)35(47)42(31)32(33)36(48)56-20-24-5-9-26(10-6-24)43(51)52/h4-12,22-23,28-31,45H,1,13-21H2,2-3H3/t22-,23-,28+,29+,30-,31-/m1/s1. The first-order valence-corrected chi connectivity index (χ1v) is 19.4. The van der Waals surface area contributed by atoms with Crippen LogP contribution < -0.4 is 0 Å². The van der Waals surface area contributed by atoms with Gasteiger partial charge in [-0.2, -0.15) is 0 Å². The van der Waals surface area contributed by atoms with Gasteiger partial charge >= 0.3 is 18.2 Å². The van der Waals surface area contributed by atoms with Crippen molar-refractivity contribution in [1.82, 2.24) is 19.6 Å². The molecule has 4 amide bonds. The molecule has 4 aliphatic rings. The lowest BCUT2D eigenvalue weighted by Gasteiger charge is -2.46. The molecule has 19 nitrogen and oxygen atoms in total. The quantitative estimate of drug-likeness (QED) is 0.0760. The Balaban J connectivity index is 1.22. The molecule has 0 bridgehead atoms. The molecule has 6 rings (SSSR count). The number of likely N-dealkylation sites (tertiary alicyclic amines) is 1. The van der Waals surface area contributed by atoms with Gasteiger partial charge in [0.1, 0.15) is 31.6 Å². The average molecular weight is 823 g/mol. The number of nitrogens with zero attached hydrogens (tertiary/aromatic N) is 6. The summed E-state index contributed by atoms with van der Waals surface area (Å²) in [4.78, 5) is 94.7. The van der Waals surface area contributed by atoms with Gasteiger partial charge in [-0.25, -0.2) is 14.4 Å². The van der Waals surface area contributed by atoms with Crippen LogP contribution in [0, 0.1) is 32.1 Å². The maximum Gasteiger partial charge on any atom is 0.410 e. The number of nitro benzene ring substituents is 2. The summed E-state index contributed by atoms with van der Waals surface area (Å²) in [5.41, 5.74) is 0.680. The predicted molar refractivity (Wildman–Crippen MR) is 204 cm³/mol. The zero-order valence-electron chi connectivity index (χ0n) is 31.7. The van der Waals surface area contributed by atoms with E-state index in [9.17, 15) is 49.3 Å². The molecule has 2 aromatic carbocycles. The second-order valence-corrected chi connectivity index (χ2v) is 15.6. The Hall–Kier alpha value is -6.02. The van der Waals surface area contributed by atoms with E-state index in [0.717, 1.165) is 0 Å². The van der Waals surface area contributed by atoms with Gasteiger partial charge in [-0.05, 0) is 48.7 Å². The first-order valence-electron chi connectivity index (χ1n) is 18.5. The molecule has 3 fully saturated rings. The Kier molecular flexibility index (Phi) is 12.7. The van der Waals surface area contributed by atoms with Crippen LogP contribution in [0.25, 0.3) is 0 Å². The van der Waals surface area contributed by atoms with E-state index in [1.54, 1.807) is 4.90 Å². The summed E-state index contributed by atoms with van der Waals surface area (Å²) in [6.45, 7) is 7.18. The van der Waals surface area contributed by atoms with E-state index in [1.807, 2.05) is 6.92 Å². The lowest BCUT2D eigenvalue weighted by atomic mass is 9.79. The fourth-order valence-corrected chi connectivity index (χ4v) is 9.10. The van der Waals surface area contributed by atoms with Gasteiger partial charge in [-0.3, -0.25) is 34.7 Å². The molecular formula is C38H42N6O13S. The summed E-state index contributed by atoms with van der Waals surface area (Å²) < 4.78 is 16.4. The molecule has 308 valence electrons. The second kappa shape index (κ2) is 17.6. The number of benzene rings is 2. The molecule has 6 atom stereocenters. The van der Waals surface area contributed by atoms with Crippen molar-refractivity contribution in [3.63, 3.8) is 0 Å². The smallest absolute Gasteiger partial charge is 0.410 e. The highest BCUT2D eigenvalue weighted by molar-refractivity contribution is 8.03. The summed E-state index contributed by atoms with van der Waals surface area (Å²) in [5.74, 6) is -2.85. The normalized spacial score (nSPS) is 23.2. The molecule has 0 saturated carbocycles. The largest absolute Gasteiger partial charge is 0.456 e. The number of amides is 4. The molecule has 0 aliphatic carbocycles. The van der Waals surface area contributed by atoms with Crippen molar-refractivity contribution in [2.45, 2.75) is 56.9 Å². The third kappa shape index (κ3) is 8.61. The highest BCUT2D eigenvalue weighted by atomic mass is 32.2. The Morgan fingerprint density at radius 3 is 1.98 bits per heavy atom. The molecule has 4 aliphatic heterocycles. The number of ether oxygens (including phenoxy) is 3. The third-order valence-electron chi connectivity index (χ3n) is 10.6. The zero-order valence-corrected chi connectivity index (χ0v) is 32.5. The van der Waals surface area contributed by atoms with Crippen LogP contribution >= 0.6 is 11.8 Å². The van der Waals surface area contributed by atoms with Crippen molar-refractivity contribution in [2.24, 2.45) is 11.8 Å². The fourth-order valence-electron chi connectivity index (χ4n) is 7.58. The SMILES string of the molecule is C=CCOC(=O)N1CCN(C(=O)[C@@H]2C[C@H](SC3=C(C(=O)OCc4ccc([N+](=O)[O-])cc4)N4C(=O)[C@H]([C@@H](C)O)[C@H]4[C@H]3C)CN2C(=O)OCc2ccc([N+](=O)[O-])cc2)CC1. The van der Waals surface area contributed by atoms with Crippen LogP contribution in [0.15, 0.2) is 71.8 Å². The molecule has 1 N–H and O–H groups in total. The molecule has 0 radical (unpaired) electrons. The Labute approximate surface area is 336 Å². The number of fused-ring (bicyclic) bond motifs is 1. The van der Waals surface area contributed by atoms with Gasteiger partial charge in [-0.15, -0.1) is 11.8 Å². The number of rotatable bonds is 13. The van der Waals surface area contributed by atoms with E-state index in [2.05, 4.69) is 6.58 Å². The van der Waals surface area contributed by atoms with Gasteiger partial charge in [0, 0.05) is 73.1 Å². The number of hydrogen-bond donors (Lipinski definition) is 1. The van der Waals surface area contributed by atoms with Crippen LogP contribution in [0.5, 0.6) is 0 Å². The molecule has 3 saturated heterocycles. The summed E-state index contributed by atoms with van der Waals surface area (Å²) in [7, 11) is 0. The minimum absolute atomic E-state index is 0.00662. The van der Waals surface area contributed by atoms with Crippen LogP contribution in [0.1, 0.15) is 31.4 Å². The summed E-state index contributed by atoms with van der Waals surface area (Å²) in [5, 5.41) is 32.2. The van der Waals surface area contributed by atoms with Gasteiger partial charge in [-0.1, -0.05) is 19.6 Å². The highest BCUT2D eigenvalue weighted by Gasteiger charge is 2.60. The minimum Gasteiger partial charge on any atom is -0.456 e. The van der Waals surface area contributed by atoms with Gasteiger partial charge in [0.2, 0.25) is 11.8 Å². The van der Waals surface area contributed by atoms with Crippen molar-refractivity contribution in [1.29, 1.82) is 0 Å². The maximum atomic E-state index is 14.2. The van der Waals surface area contributed by atoms with Gasteiger partial charge < -0.3 is 34.0 Å². The average Bonchev–Trinajstić information content (AvgIpc) is 3.74. The summed E-state index contributed by atoms with van der Waals surface area (Å²) in [6.07, 6.45) is -0.767. The third-order valence-corrected chi connectivity index (χ3v) is 12.1. The fraction of sp³-hybridized carbons (Fsp3) is 0.447. The number of nitro groups is 2. The van der Waals surface area contributed by atoms with Crippen molar-refractivity contribution in [2.75, 3.05) is 39.3 Å². The number of β-lactam (4-membered cyclic amide) rings is 1. The first kappa shape index (κ1) is 41.6. The number of carbonyl (C=O) groups excluding carboxylic acids is 5. The number of hydrogen-bond acceptors (Lipinski definition) is 14. The topological polar surface area (TPSA) is 233 Å². The Morgan fingerprint density at radius 2 is 1.45 bits per heavy atom. The van der Waals surface area contributed by atoms with E-state index in [4.69, 9.17) is 14.2 Å². The molecule has 0 aromatic heterocycles. The van der Waals surface area contributed by atoms with Crippen molar-refractivity contribution in [3.8, 4) is 0 Å². The van der Waals surface area contributed by atoms with Crippen LogP contribution in [0.4, 0.5) is 21.0 Å². The van der Waals surface area contributed by atoms with E-state index in [0.29, 0.717) is 16.0 Å². The molecule has 20 heteroatoms. The number of carbonyl (C=O) groups is 5. The number of aliphatic hydroxyl groups excluding tert-OH is 1. The number of aliphatic hydroxyl groups is 1. The zero-order chi connectivity index (χ0) is 41.8. The van der Waals surface area contributed by atoms with Gasteiger partial charge in [0.15, 0.2) is 0 Å². The molecule has 4 heterocycles. The number of piperazine rings is 1. The second-order valence-electron chi connectivity index (χ2n) is 14.3. The van der Waals surface area contributed by atoms with Crippen molar-refractivity contribution in [3.05, 3.63) is 103 Å². The van der Waals surface area contributed by atoms with Crippen molar-refractivity contribution >= 4 is 53.1 Å². The molecule has 0 spiro atoms. The lowest BCUT2D eigenvalue weighted by molar-refractivity contribution is -0.385. The highest BCUT2D eigenvalue weighted by Crippen LogP contribution is 2.52. The monoisotopic (exact) mass is 822 g/mol. The molecule has 2 aromatic rings. The van der Waals surface area contributed by atoms with E-state index < -0.39 is 69.2 Å². The van der Waals surface area contributed by atoms with E-state index in [1.165, 1.54) is 88.0 Å². The van der Waals surface area contributed by atoms with E-state index in [-0.39, 0.29) is 81.9 Å². The number of non-ortho nitro benzene ring substituents is 2. The van der Waals surface area contributed by atoms with Gasteiger partial charge in [0.05, 0.1) is 27.9 Å². The maximum absolute atomic E-state index is 14.2. The van der Waals surface area contributed by atoms with Crippen LogP contribution in [0.2, 0.25) is 0 Å². The molecular weight excluding hydrogens is 781 g/mol. The van der Waals surface area contributed by atoms with E-state index >= 15 is 0 Å². The Morgan fingerprint density at radius 1 is 0.897 bits per heavy atom. The molecule has 58 heavy (non-hydrogen) atoms. The van der Waals surface area contributed by atoms with Crippen molar-refractivity contribution < 1.29 is 53.1 Å². The predicted octanol–water partition coefficient (Wildman–Crippen LogP) is 3.60. The van der Waals surface area contributed by atoms with Crippen LogP contribution in [-0.2, 0) is 41.8 Å². The Bertz CT molecular complexity index is 2000. The number of thioether (sulfide) groups is 1.